The predicted octanol–water partition coefficient (Wildman–Crippen LogP) is 8.05. The maximum absolute atomic E-state index is 12.7. The van der Waals surface area contributed by atoms with E-state index in [2.05, 4.69) is 35.0 Å². The van der Waals surface area contributed by atoms with E-state index in [0.29, 0.717) is 32.1 Å². The molecule has 0 spiro atoms. The van der Waals surface area contributed by atoms with Crippen molar-refractivity contribution in [1.82, 2.24) is 0 Å². The van der Waals surface area contributed by atoms with Crippen molar-refractivity contribution in [2.75, 3.05) is 26.4 Å². The Morgan fingerprint density at radius 3 is 1.85 bits per heavy atom. The summed E-state index contributed by atoms with van der Waals surface area (Å²) in [4.78, 5) is 52.9. The Balaban J connectivity index is 2.56. The Labute approximate surface area is 370 Å². The molecule has 0 amide bonds. The zero-order valence-corrected chi connectivity index (χ0v) is 39.1. The number of ether oxygens (including phenoxy) is 2. The van der Waals surface area contributed by atoms with Gasteiger partial charge < -0.3 is 44.6 Å². The second-order valence-electron chi connectivity index (χ2n) is 16.3. The number of phosphoric acid groups is 2. The molecule has 1 fully saturated rings. The Kier molecular flexibility index (Phi) is 33.3. The SMILES string of the molecule is CCCCCCCC/C=C\CCCCCCCC(=O)O[C@H](COC(=O)CCC/C=C/C[C@@H]1[C@@H](/C=C/[C@@H](O)CCCCC)[C@H](O)C[C@@H]1O)COP(=O)(O)OC[C@@H](O)COP(=O)(O)O. The number of aliphatic hydroxyl groups excluding tert-OH is 4. The first-order valence-electron chi connectivity index (χ1n) is 22.9. The molecule has 1 rings (SSSR count). The van der Waals surface area contributed by atoms with Crippen molar-refractivity contribution in [3.8, 4) is 0 Å². The average Bonchev–Trinajstić information content (AvgIpc) is 3.49. The maximum atomic E-state index is 12.7. The second kappa shape index (κ2) is 35.5. The van der Waals surface area contributed by atoms with E-state index in [-0.39, 0.29) is 31.1 Å². The van der Waals surface area contributed by atoms with Crippen LogP contribution >= 0.6 is 15.6 Å². The highest BCUT2D eigenvalue weighted by atomic mass is 31.2. The van der Waals surface area contributed by atoms with Crippen molar-refractivity contribution in [3.63, 3.8) is 0 Å². The molecule has 18 heteroatoms. The highest BCUT2D eigenvalue weighted by molar-refractivity contribution is 7.47. The smallest absolute Gasteiger partial charge is 0.462 e. The Morgan fingerprint density at radius 1 is 0.645 bits per heavy atom. The minimum atomic E-state index is -4.89. The van der Waals surface area contributed by atoms with Gasteiger partial charge in [-0.05, 0) is 63.7 Å². The lowest BCUT2D eigenvalue weighted by Gasteiger charge is -2.20. The van der Waals surface area contributed by atoms with Crippen LogP contribution in [0.4, 0.5) is 0 Å². The summed E-state index contributed by atoms with van der Waals surface area (Å²) >= 11 is 0. The summed E-state index contributed by atoms with van der Waals surface area (Å²) in [5.74, 6) is -1.72. The molecule has 7 N–H and O–H groups in total. The zero-order valence-electron chi connectivity index (χ0n) is 37.3. The maximum Gasteiger partial charge on any atom is 0.472 e. The number of phosphoric ester groups is 2. The lowest BCUT2D eigenvalue weighted by Crippen LogP contribution is -2.30. The summed E-state index contributed by atoms with van der Waals surface area (Å²) in [7, 11) is -9.76. The standard InChI is InChI=1S/C44H80O16P2/c1-3-5-7-8-9-10-11-12-13-14-15-16-17-18-24-28-44(50)60-38(35-59-62(54,55)58-33-37(46)32-57-61(51,52)53)34-56-43(49)27-23-20-19-22-26-39-40(42(48)31-41(39)47)30-29-36(45)25-21-6-4-2/h12-13,19,22,29-30,36-42,45-48H,3-11,14-18,20-21,23-28,31-35H2,1-2H3,(H,54,55)(H2,51,52,53)/b13-12-,22-19+,30-29+/t36-,37-,38+,39+,40+,41-,42+/m0/s1. The van der Waals surface area contributed by atoms with Gasteiger partial charge in [0.05, 0.1) is 38.1 Å². The van der Waals surface area contributed by atoms with Gasteiger partial charge in [-0.1, -0.05) is 121 Å². The molecule has 1 saturated carbocycles. The molecule has 1 aliphatic rings. The summed E-state index contributed by atoms with van der Waals surface area (Å²) in [6.45, 7) is 1.38. The molecule has 0 saturated heterocycles. The van der Waals surface area contributed by atoms with Crippen LogP contribution in [0, 0.1) is 11.8 Å². The summed E-state index contributed by atoms with van der Waals surface area (Å²) in [6, 6.07) is 0. The number of rotatable bonds is 39. The summed E-state index contributed by atoms with van der Waals surface area (Å²) in [5, 5.41) is 41.1. The topological polar surface area (TPSA) is 256 Å². The normalized spacial score (nSPS) is 20.9. The van der Waals surface area contributed by atoms with Gasteiger partial charge in [0.25, 0.3) is 0 Å². The van der Waals surface area contributed by atoms with Gasteiger partial charge in [-0.2, -0.15) is 0 Å². The minimum absolute atomic E-state index is 0.0169. The highest BCUT2D eigenvalue weighted by Crippen LogP contribution is 2.44. The monoisotopic (exact) mass is 926 g/mol. The molecule has 0 aromatic heterocycles. The first-order chi connectivity index (χ1) is 29.6. The van der Waals surface area contributed by atoms with Gasteiger partial charge >= 0.3 is 27.6 Å². The number of unbranched alkanes of at least 4 members (excludes halogenated alkanes) is 14. The molecule has 0 aromatic carbocycles. The summed E-state index contributed by atoms with van der Waals surface area (Å²) < 4.78 is 47.8. The van der Waals surface area contributed by atoms with Crippen LogP contribution in [0.25, 0.3) is 0 Å². The van der Waals surface area contributed by atoms with E-state index in [0.717, 1.165) is 57.8 Å². The third-order valence-corrected chi connectivity index (χ3v) is 12.0. The van der Waals surface area contributed by atoms with Gasteiger partial charge in [0.15, 0.2) is 6.10 Å². The quantitative estimate of drug-likeness (QED) is 0.0133. The fourth-order valence-electron chi connectivity index (χ4n) is 6.98. The highest BCUT2D eigenvalue weighted by Gasteiger charge is 2.39. The summed E-state index contributed by atoms with van der Waals surface area (Å²) in [5.41, 5.74) is 0. The molecule has 0 heterocycles. The van der Waals surface area contributed by atoms with E-state index in [1.54, 1.807) is 6.08 Å². The molecule has 8 atom stereocenters. The molecule has 0 aliphatic heterocycles. The van der Waals surface area contributed by atoms with Crippen molar-refractivity contribution in [3.05, 3.63) is 36.5 Å². The van der Waals surface area contributed by atoms with Crippen LogP contribution in [0.15, 0.2) is 36.5 Å². The molecular formula is C44H80O16P2. The molecule has 0 aromatic rings. The average molecular weight is 927 g/mol. The lowest BCUT2D eigenvalue weighted by atomic mass is 9.89. The molecule has 62 heavy (non-hydrogen) atoms. The van der Waals surface area contributed by atoms with Gasteiger partial charge in [0, 0.05) is 25.2 Å². The molecule has 16 nitrogen and oxygen atoms in total. The number of hydrogen-bond donors (Lipinski definition) is 7. The molecule has 1 unspecified atom stereocenters. The van der Waals surface area contributed by atoms with Crippen LogP contribution in [0.1, 0.15) is 162 Å². The first kappa shape index (κ1) is 58.2. The number of carbonyl (C=O) groups excluding carboxylic acids is 2. The molecule has 0 radical (unpaired) electrons. The first-order valence-corrected chi connectivity index (χ1v) is 26.0. The van der Waals surface area contributed by atoms with E-state index in [1.807, 2.05) is 18.2 Å². The number of aliphatic hydroxyl groups is 4. The Hall–Kier alpha value is -1.78. The lowest BCUT2D eigenvalue weighted by molar-refractivity contribution is -0.161. The molecular weight excluding hydrogens is 846 g/mol. The minimum Gasteiger partial charge on any atom is -0.462 e. The number of allylic oxidation sites excluding steroid dienone is 4. The van der Waals surface area contributed by atoms with Gasteiger partial charge in [0.1, 0.15) is 12.7 Å². The van der Waals surface area contributed by atoms with Gasteiger partial charge in [-0.15, -0.1) is 0 Å². The number of hydrogen-bond acceptors (Lipinski definition) is 13. The van der Waals surface area contributed by atoms with Crippen molar-refractivity contribution in [2.24, 2.45) is 11.8 Å². The van der Waals surface area contributed by atoms with Crippen LogP contribution < -0.4 is 0 Å². The van der Waals surface area contributed by atoms with Crippen molar-refractivity contribution in [1.29, 1.82) is 0 Å². The Morgan fingerprint density at radius 2 is 1.19 bits per heavy atom. The van der Waals surface area contributed by atoms with Crippen LogP contribution in [0.5, 0.6) is 0 Å². The second-order valence-corrected chi connectivity index (χ2v) is 19.0. The van der Waals surface area contributed by atoms with Crippen LogP contribution in [-0.4, -0.2) is 104 Å². The van der Waals surface area contributed by atoms with E-state index < -0.39 is 84.5 Å². The van der Waals surface area contributed by atoms with E-state index in [1.165, 1.54) is 38.5 Å². The number of carbonyl (C=O) groups is 2. The molecule has 362 valence electrons. The van der Waals surface area contributed by atoms with Gasteiger partial charge in [-0.3, -0.25) is 23.2 Å². The predicted molar refractivity (Wildman–Crippen MR) is 237 cm³/mol. The van der Waals surface area contributed by atoms with E-state index >= 15 is 0 Å². The van der Waals surface area contributed by atoms with Crippen molar-refractivity contribution >= 4 is 27.6 Å². The van der Waals surface area contributed by atoms with Crippen molar-refractivity contribution in [2.45, 2.75) is 192 Å². The largest absolute Gasteiger partial charge is 0.472 e. The summed E-state index contributed by atoms with van der Waals surface area (Å²) in [6.07, 6.45) is 26.6. The fourth-order valence-corrected chi connectivity index (χ4v) is 8.14. The zero-order chi connectivity index (χ0) is 46.1. The molecule has 1 aliphatic carbocycles. The van der Waals surface area contributed by atoms with Crippen LogP contribution in [-0.2, 0) is 41.8 Å². The number of esters is 2. The van der Waals surface area contributed by atoms with E-state index in [4.69, 9.17) is 23.8 Å². The Bertz CT molecular complexity index is 1350. The third-order valence-electron chi connectivity index (χ3n) is 10.6. The van der Waals surface area contributed by atoms with Crippen molar-refractivity contribution < 1.29 is 76.9 Å². The van der Waals surface area contributed by atoms with Gasteiger partial charge in [-0.25, -0.2) is 9.13 Å². The molecule has 0 bridgehead atoms. The van der Waals surface area contributed by atoms with Crippen LogP contribution in [0.2, 0.25) is 0 Å². The third kappa shape index (κ3) is 32.0. The van der Waals surface area contributed by atoms with Gasteiger partial charge in [0.2, 0.25) is 0 Å². The van der Waals surface area contributed by atoms with Crippen LogP contribution in [0.3, 0.4) is 0 Å². The van der Waals surface area contributed by atoms with E-state index in [9.17, 15) is 44.0 Å². The fraction of sp³-hybridized carbons (Fsp3) is 0.818.